The van der Waals surface area contributed by atoms with E-state index in [0.29, 0.717) is 6.04 Å². The number of hydrogen-bond acceptors (Lipinski definition) is 3. The summed E-state index contributed by atoms with van der Waals surface area (Å²) in [7, 11) is 2.20. The summed E-state index contributed by atoms with van der Waals surface area (Å²) in [5.74, 6) is 0.757. The van der Waals surface area contributed by atoms with Crippen LogP contribution in [0.15, 0.2) is 0 Å². The van der Waals surface area contributed by atoms with Crippen LogP contribution in [0.1, 0.15) is 64.7 Å². The highest BCUT2D eigenvalue weighted by Crippen LogP contribution is 2.31. The molecule has 2 aliphatic carbocycles. The van der Waals surface area contributed by atoms with E-state index in [1.165, 1.54) is 44.9 Å². The zero-order valence-electron chi connectivity index (χ0n) is 13.5. The fourth-order valence-electron chi connectivity index (χ4n) is 4.29. The molecule has 0 heterocycles. The first-order chi connectivity index (χ1) is 9.63. The molecule has 0 bridgehead atoms. The van der Waals surface area contributed by atoms with Gasteiger partial charge in [0, 0.05) is 19.1 Å². The summed E-state index contributed by atoms with van der Waals surface area (Å²) in [5.41, 5.74) is -0.396. The second-order valence-corrected chi connectivity index (χ2v) is 7.19. The Bertz CT molecular complexity index is 276. The van der Waals surface area contributed by atoms with Crippen molar-refractivity contribution in [3.05, 3.63) is 0 Å². The normalized spacial score (nSPS) is 30.6. The smallest absolute Gasteiger partial charge is 0.0774 e. The summed E-state index contributed by atoms with van der Waals surface area (Å²) in [6.45, 7) is 5.30. The average molecular weight is 282 g/mol. The van der Waals surface area contributed by atoms with Crippen molar-refractivity contribution < 1.29 is 5.11 Å². The Kier molecular flexibility index (Phi) is 6.31. The number of aliphatic hydroxyl groups is 1. The first-order valence-electron chi connectivity index (χ1n) is 8.77. The van der Waals surface area contributed by atoms with Gasteiger partial charge in [-0.2, -0.15) is 0 Å². The number of nitrogens with one attached hydrogen (secondary N) is 1. The van der Waals surface area contributed by atoms with Gasteiger partial charge in [-0.1, -0.05) is 39.0 Å². The van der Waals surface area contributed by atoms with Crippen molar-refractivity contribution in [1.29, 1.82) is 0 Å². The third-order valence-electron chi connectivity index (χ3n) is 5.27. The first kappa shape index (κ1) is 16.3. The molecular formula is C17H34N2O. The van der Waals surface area contributed by atoms with Gasteiger partial charge in [-0.3, -0.25) is 0 Å². The van der Waals surface area contributed by atoms with E-state index in [-0.39, 0.29) is 0 Å². The Labute approximate surface area is 125 Å². The van der Waals surface area contributed by atoms with Crippen LogP contribution in [-0.4, -0.2) is 48.3 Å². The molecule has 3 heteroatoms. The Morgan fingerprint density at radius 2 is 1.80 bits per heavy atom. The van der Waals surface area contributed by atoms with Gasteiger partial charge in [0.2, 0.25) is 0 Å². The Morgan fingerprint density at radius 3 is 2.50 bits per heavy atom. The summed E-state index contributed by atoms with van der Waals surface area (Å²) in [4.78, 5) is 2.39. The molecule has 2 saturated carbocycles. The molecule has 2 unspecified atom stereocenters. The summed E-state index contributed by atoms with van der Waals surface area (Å²) in [6, 6.07) is 0.683. The van der Waals surface area contributed by atoms with Crippen molar-refractivity contribution >= 4 is 0 Å². The lowest BCUT2D eigenvalue weighted by atomic mass is 9.93. The molecule has 0 amide bonds. The maximum atomic E-state index is 10.6. The van der Waals surface area contributed by atoms with E-state index in [0.717, 1.165) is 38.4 Å². The van der Waals surface area contributed by atoms with Gasteiger partial charge in [-0.05, 0) is 45.2 Å². The summed E-state index contributed by atoms with van der Waals surface area (Å²) < 4.78 is 0. The molecule has 0 spiro atoms. The molecule has 0 aromatic heterocycles. The minimum atomic E-state index is -0.396. The summed E-state index contributed by atoms with van der Waals surface area (Å²) in [6.07, 6.45) is 11.2. The number of hydrogen-bond donors (Lipinski definition) is 2. The quantitative estimate of drug-likeness (QED) is 0.735. The van der Waals surface area contributed by atoms with Crippen molar-refractivity contribution in [3.8, 4) is 0 Å². The number of likely N-dealkylation sites (N-methyl/N-ethyl adjacent to an activating group) is 1. The van der Waals surface area contributed by atoms with Gasteiger partial charge in [-0.15, -0.1) is 0 Å². The van der Waals surface area contributed by atoms with Crippen LogP contribution in [0.4, 0.5) is 0 Å². The van der Waals surface area contributed by atoms with Crippen LogP contribution in [0, 0.1) is 5.92 Å². The highest BCUT2D eigenvalue weighted by Gasteiger charge is 2.33. The fourth-order valence-corrected chi connectivity index (χ4v) is 4.29. The zero-order valence-corrected chi connectivity index (χ0v) is 13.5. The van der Waals surface area contributed by atoms with E-state index in [1.54, 1.807) is 0 Å². The van der Waals surface area contributed by atoms with Crippen molar-refractivity contribution in [1.82, 2.24) is 10.2 Å². The maximum Gasteiger partial charge on any atom is 0.0774 e. The SMILES string of the molecule is CCNC1CCCCCC1CN(C)CC1(O)CCCC1. The van der Waals surface area contributed by atoms with Crippen LogP contribution in [-0.2, 0) is 0 Å². The molecule has 3 nitrogen and oxygen atoms in total. The molecule has 0 saturated heterocycles. The van der Waals surface area contributed by atoms with E-state index in [9.17, 15) is 5.11 Å². The van der Waals surface area contributed by atoms with Gasteiger partial charge in [0.25, 0.3) is 0 Å². The Balaban J connectivity index is 1.84. The molecule has 20 heavy (non-hydrogen) atoms. The van der Waals surface area contributed by atoms with Gasteiger partial charge >= 0.3 is 0 Å². The third-order valence-corrected chi connectivity index (χ3v) is 5.27. The van der Waals surface area contributed by atoms with Gasteiger partial charge in [0.05, 0.1) is 5.60 Å². The van der Waals surface area contributed by atoms with Crippen LogP contribution in [0.25, 0.3) is 0 Å². The van der Waals surface area contributed by atoms with Crippen molar-refractivity contribution in [2.45, 2.75) is 76.4 Å². The predicted octanol–water partition coefficient (Wildman–Crippen LogP) is 2.78. The summed E-state index contributed by atoms with van der Waals surface area (Å²) in [5, 5.41) is 14.3. The highest BCUT2D eigenvalue weighted by atomic mass is 16.3. The van der Waals surface area contributed by atoms with Crippen molar-refractivity contribution in [3.63, 3.8) is 0 Å². The molecule has 0 aromatic rings. The van der Waals surface area contributed by atoms with E-state index in [1.807, 2.05) is 0 Å². The van der Waals surface area contributed by atoms with Gasteiger partial charge < -0.3 is 15.3 Å². The van der Waals surface area contributed by atoms with E-state index >= 15 is 0 Å². The molecule has 0 radical (unpaired) electrons. The monoisotopic (exact) mass is 282 g/mol. The molecule has 0 aliphatic heterocycles. The molecular weight excluding hydrogens is 248 g/mol. The van der Waals surface area contributed by atoms with Crippen LogP contribution < -0.4 is 5.32 Å². The molecule has 2 fully saturated rings. The van der Waals surface area contributed by atoms with E-state index in [2.05, 4.69) is 24.2 Å². The second kappa shape index (κ2) is 7.77. The molecule has 2 aliphatic rings. The minimum absolute atomic E-state index is 0.396. The van der Waals surface area contributed by atoms with Crippen LogP contribution in [0.3, 0.4) is 0 Å². The minimum Gasteiger partial charge on any atom is -0.389 e. The zero-order chi connectivity index (χ0) is 14.4. The summed E-state index contributed by atoms with van der Waals surface area (Å²) >= 11 is 0. The Hall–Kier alpha value is -0.120. The first-order valence-corrected chi connectivity index (χ1v) is 8.77. The molecule has 0 aromatic carbocycles. The predicted molar refractivity (Wildman–Crippen MR) is 85.0 cm³/mol. The standard InChI is InChI=1S/C17H34N2O/c1-3-18-16-10-6-4-5-9-15(16)13-19(2)14-17(20)11-7-8-12-17/h15-16,18,20H,3-14H2,1-2H3. The largest absolute Gasteiger partial charge is 0.389 e. The van der Waals surface area contributed by atoms with Gasteiger partial charge in [0.15, 0.2) is 0 Å². The maximum absolute atomic E-state index is 10.6. The molecule has 118 valence electrons. The average Bonchev–Trinajstić information content (AvgIpc) is 2.70. The number of nitrogens with zero attached hydrogens (tertiary/aromatic N) is 1. The van der Waals surface area contributed by atoms with E-state index < -0.39 is 5.60 Å². The third kappa shape index (κ3) is 4.71. The lowest BCUT2D eigenvalue weighted by Crippen LogP contribution is -2.45. The second-order valence-electron chi connectivity index (χ2n) is 7.19. The van der Waals surface area contributed by atoms with Crippen LogP contribution in [0.5, 0.6) is 0 Å². The van der Waals surface area contributed by atoms with Crippen molar-refractivity contribution in [2.24, 2.45) is 5.92 Å². The lowest BCUT2D eigenvalue weighted by molar-refractivity contribution is 0.0111. The van der Waals surface area contributed by atoms with Gasteiger partial charge in [-0.25, -0.2) is 0 Å². The highest BCUT2D eigenvalue weighted by molar-refractivity contribution is 4.88. The van der Waals surface area contributed by atoms with Crippen molar-refractivity contribution in [2.75, 3.05) is 26.7 Å². The topological polar surface area (TPSA) is 35.5 Å². The number of rotatable bonds is 6. The van der Waals surface area contributed by atoms with E-state index in [4.69, 9.17) is 0 Å². The fraction of sp³-hybridized carbons (Fsp3) is 1.00. The van der Waals surface area contributed by atoms with Crippen LogP contribution >= 0.6 is 0 Å². The molecule has 2 rings (SSSR count). The lowest BCUT2D eigenvalue weighted by Gasteiger charge is -2.34. The molecule has 2 N–H and O–H groups in total. The Morgan fingerprint density at radius 1 is 1.10 bits per heavy atom. The van der Waals surface area contributed by atoms with Crippen LogP contribution in [0.2, 0.25) is 0 Å². The molecule has 2 atom stereocenters. The van der Waals surface area contributed by atoms with Gasteiger partial charge in [0.1, 0.15) is 0 Å².